The lowest BCUT2D eigenvalue weighted by molar-refractivity contribution is -0.113. The van der Waals surface area contributed by atoms with Gasteiger partial charge in [0.05, 0.1) is 6.10 Å². The molecule has 0 spiro atoms. The highest BCUT2D eigenvalue weighted by molar-refractivity contribution is 6.77. The van der Waals surface area contributed by atoms with E-state index in [9.17, 15) is 4.79 Å². The van der Waals surface area contributed by atoms with Crippen molar-refractivity contribution in [2.24, 2.45) is 5.92 Å². The van der Waals surface area contributed by atoms with E-state index < -0.39 is 25.0 Å². The van der Waals surface area contributed by atoms with Crippen molar-refractivity contribution < 1.29 is 18.1 Å². The van der Waals surface area contributed by atoms with Crippen LogP contribution in [0.25, 0.3) is 0 Å². The van der Waals surface area contributed by atoms with Crippen molar-refractivity contribution in [1.29, 1.82) is 0 Å². The van der Waals surface area contributed by atoms with Gasteiger partial charge < -0.3 is 18.1 Å². The Labute approximate surface area is 229 Å². The number of rotatable bonds is 15. The van der Waals surface area contributed by atoms with E-state index in [0.717, 1.165) is 19.1 Å². The molecule has 0 heterocycles. The molecule has 36 heavy (non-hydrogen) atoms. The van der Waals surface area contributed by atoms with Gasteiger partial charge in [0.2, 0.25) is 8.32 Å². The van der Waals surface area contributed by atoms with E-state index in [4.69, 9.17) is 13.3 Å². The maximum atomic E-state index is 12.1. The fourth-order valence-electron chi connectivity index (χ4n) is 4.87. The smallest absolute Gasteiger partial charge is 0.200 e. The van der Waals surface area contributed by atoms with Crippen LogP contribution in [-0.4, -0.2) is 50.1 Å². The molecule has 0 bridgehead atoms. The summed E-state index contributed by atoms with van der Waals surface area (Å²) in [5.74, 6) is -0.167. The molecule has 0 aromatic heterocycles. The van der Waals surface area contributed by atoms with E-state index in [-0.39, 0.29) is 28.2 Å². The fraction of sp³-hybridized carbons (Fsp3) is 0.966. The minimum Gasteiger partial charge on any atom is -0.417 e. The first kappa shape index (κ1) is 36.2. The zero-order chi connectivity index (χ0) is 28.9. The summed E-state index contributed by atoms with van der Waals surface area (Å²) in [6, 6.07) is 0. The maximum Gasteiger partial charge on any atom is 0.200 e. The minimum atomic E-state index is -2.15. The van der Waals surface area contributed by atoms with E-state index in [1.165, 1.54) is 0 Å². The monoisotopic (exact) mass is 560 g/mol. The second-order valence-electron chi connectivity index (χ2n) is 15.1. The van der Waals surface area contributed by atoms with Crippen LogP contribution in [0.3, 0.4) is 0 Å². The van der Waals surface area contributed by atoms with Crippen molar-refractivity contribution in [3.63, 3.8) is 0 Å². The van der Waals surface area contributed by atoms with Gasteiger partial charge in [-0.15, -0.1) is 0 Å². The predicted molar refractivity (Wildman–Crippen MR) is 166 cm³/mol. The first-order valence-electron chi connectivity index (χ1n) is 14.4. The molecule has 216 valence electrons. The normalized spacial score (nSPS) is 17.1. The van der Waals surface area contributed by atoms with Gasteiger partial charge in [0, 0.05) is 18.6 Å². The summed E-state index contributed by atoms with van der Waals surface area (Å²) in [5.41, 5.74) is 1.42. The first-order chi connectivity index (χ1) is 16.0. The van der Waals surface area contributed by atoms with E-state index in [1.54, 1.807) is 0 Å². The van der Waals surface area contributed by atoms with E-state index in [0.29, 0.717) is 23.2 Å². The Balaban J connectivity index is 6.16. The van der Waals surface area contributed by atoms with Gasteiger partial charge in [-0.05, 0) is 65.7 Å². The topological polar surface area (TPSA) is 44.8 Å². The van der Waals surface area contributed by atoms with Gasteiger partial charge >= 0.3 is 0 Å². The molecule has 7 heteroatoms. The lowest BCUT2D eigenvalue weighted by Gasteiger charge is -2.46. The third-order valence-corrected chi connectivity index (χ3v) is 24.5. The van der Waals surface area contributed by atoms with Crippen molar-refractivity contribution in [1.82, 2.24) is 0 Å². The van der Waals surface area contributed by atoms with Gasteiger partial charge in [-0.3, -0.25) is 0 Å². The molecule has 0 N–H and O–H groups in total. The number of hydrogen-bond acceptors (Lipinski definition) is 4. The summed E-state index contributed by atoms with van der Waals surface area (Å²) in [4.78, 5) is 12.1. The Morgan fingerprint density at radius 3 is 1.44 bits per heavy atom. The molecule has 0 aliphatic heterocycles. The van der Waals surface area contributed by atoms with Crippen molar-refractivity contribution in [2.75, 3.05) is 6.61 Å². The average molecular weight is 561 g/mol. The van der Waals surface area contributed by atoms with Gasteiger partial charge in [0.25, 0.3) is 0 Å². The van der Waals surface area contributed by atoms with E-state index in [1.807, 2.05) is 6.92 Å². The molecule has 0 rings (SSSR count). The third kappa shape index (κ3) is 9.44. The number of aldehydes is 1. The number of hydrogen-bond donors (Lipinski definition) is 0. The molecule has 0 aromatic rings. The van der Waals surface area contributed by atoms with Crippen LogP contribution in [0.15, 0.2) is 0 Å². The summed E-state index contributed by atoms with van der Waals surface area (Å²) < 4.78 is 20.8. The standard InChI is InChI=1S/C29H64O4Si3/c1-22(2)36(23(3)4,24(5)6)33-27(25(7)21-30)20-26(32-35(16,17)29(11,12)13)18-19-31-34(14,15)28(8,9)10/h21-27H,18-20H2,1-17H3/t25-,26+,27-/m0/s1. The SMILES string of the molecule is CC(C)[Si](O[C@@H](C[C@@H](CCO[Si](C)(C)C(C)(C)C)O[Si](C)(C)C(C)(C)C)[C@@H](C)C=O)(C(C)C)C(C)C. The molecule has 0 unspecified atom stereocenters. The summed E-state index contributed by atoms with van der Waals surface area (Å²) in [6.45, 7) is 39.6. The van der Waals surface area contributed by atoms with E-state index in [2.05, 4.69) is 109 Å². The van der Waals surface area contributed by atoms with Crippen molar-refractivity contribution in [3.05, 3.63) is 0 Å². The van der Waals surface area contributed by atoms with Crippen LogP contribution in [-0.2, 0) is 18.1 Å². The van der Waals surface area contributed by atoms with Gasteiger partial charge in [0.15, 0.2) is 16.6 Å². The lowest BCUT2D eigenvalue weighted by Crippen LogP contribution is -2.52. The molecule has 3 atom stereocenters. The van der Waals surface area contributed by atoms with Crippen LogP contribution < -0.4 is 0 Å². The molecule has 0 aliphatic rings. The molecule has 0 fully saturated rings. The lowest BCUT2D eigenvalue weighted by atomic mass is 9.99. The maximum absolute atomic E-state index is 12.1. The average Bonchev–Trinajstić information content (AvgIpc) is 2.67. The largest absolute Gasteiger partial charge is 0.417 e. The van der Waals surface area contributed by atoms with Gasteiger partial charge in [-0.1, -0.05) is 90.0 Å². The summed E-state index contributed by atoms with van der Waals surface area (Å²) >= 11 is 0. The van der Waals surface area contributed by atoms with Crippen LogP contribution in [0.1, 0.15) is 103 Å². The van der Waals surface area contributed by atoms with Crippen LogP contribution in [0, 0.1) is 5.92 Å². The zero-order valence-corrected chi connectivity index (χ0v) is 30.3. The van der Waals surface area contributed by atoms with Gasteiger partial charge in [0.1, 0.15) is 6.29 Å². The van der Waals surface area contributed by atoms with Crippen molar-refractivity contribution in [2.45, 2.75) is 168 Å². The highest BCUT2D eigenvalue weighted by Gasteiger charge is 2.48. The molecule has 0 saturated carbocycles. The Kier molecular flexibility index (Phi) is 13.6. The predicted octanol–water partition coefficient (Wildman–Crippen LogP) is 9.57. The number of carbonyl (C=O) groups is 1. The Hall–Kier alpha value is 0.201. The molecular weight excluding hydrogens is 497 g/mol. The fourth-order valence-corrected chi connectivity index (χ4v) is 13.0. The minimum absolute atomic E-state index is 0.0150. The van der Waals surface area contributed by atoms with Crippen LogP contribution in [0.5, 0.6) is 0 Å². The van der Waals surface area contributed by atoms with Gasteiger partial charge in [-0.25, -0.2) is 0 Å². The quantitative estimate of drug-likeness (QED) is 0.148. The molecule has 0 saturated heterocycles. The van der Waals surface area contributed by atoms with Crippen LogP contribution >= 0.6 is 0 Å². The molecule has 0 aliphatic carbocycles. The number of carbonyl (C=O) groups excluding carboxylic acids is 1. The zero-order valence-electron chi connectivity index (χ0n) is 27.3. The summed E-state index contributed by atoms with van der Waals surface area (Å²) in [6.07, 6.45) is 2.55. The Bertz CT molecular complexity index is 639. The second-order valence-corrected chi connectivity index (χ2v) is 30.1. The molecular formula is C29H64O4Si3. The Morgan fingerprint density at radius 1 is 0.694 bits per heavy atom. The van der Waals surface area contributed by atoms with Crippen molar-refractivity contribution >= 4 is 31.2 Å². The second kappa shape index (κ2) is 13.5. The first-order valence-corrected chi connectivity index (χ1v) is 22.4. The van der Waals surface area contributed by atoms with E-state index >= 15 is 0 Å². The molecule has 0 radical (unpaired) electrons. The van der Waals surface area contributed by atoms with Crippen molar-refractivity contribution in [3.8, 4) is 0 Å². The highest BCUT2D eigenvalue weighted by Crippen LogP contribution is 2.45. The molecule has 0 amide bonds. The molecule has 0 aromatic carbocycles. The van der Waals surface area contributed by atoms with Crippen LogP contribution in [0.4, 0.5) is 0 Å². The van der Waals surface area contributed by atoms with Gasteiger partial charge in [-0.2, -0.15) is 0 Å². The highest BCUT2D eigenvalue weighted by atomic mass is 28.4. The van der Waals surface area contributed by atoms with Crippen LogP contribution in [0.2, 0.25) is 52.9 Å². The molecule has 4 nitrogen and oxygen atoms in total. The third-order valence-electron chi connectivity index (χ3n) is 9.34. The summed E-state index contributed by atoms with van der Waals surface area (Å²) in [5, 5.41) is 0.294. The summed E-state index contributed by atoms with van der Waals surface area (Å²) in [7, 11) is -6.00. The Morgan fingerprint density at radius 2 is 1.11 bits per heavy atom.